The molecule has 2 aromatic carbocycles. The predicted octanol–water partition coefficient (Wildman–Crippen LogP) is 3.51. The van der Waals surface area contributed by atoms with E-state index < -0.39 is 0 Å². The second kappa shape index (κ2) is 10.8. The highest BCUT2D eigenvalue weighted by Gasteiger charge is 2.29. The number of ketones is 1. The smallest absolute Gasteiger partial charge is 0.259 e. The predicted molar refractivity (Wildman–Crippen MR) is 133 cm³/mol. The molecular weight excluding hydrogens is 568 g/mol. The van der Waals surface area contributed by atoms with Gasteiger partial charge in [0.25, 0.3) is 5.69 Å². The zero-order valence-electron chi connectivity index (χ0n) is 17.6. The van der Waals surface area contributed by atoms with Crippen LogP contribution < -0.4 is 27.3 Å². The van der Waals surface area contributed by atoms with Gasteiger partial charge in [0.2, 0.25) is 5.78 Å². The molecule has 0 amide bonds. The van der Waals surface area contributed by atoms with Gasteiger partial charge in [0, 0.05) is 26.9 Å². The van der Waals surface area contributed by atoms with Gasteiger partial charge in [0.15, 0.2) is 12.4 Å². The number of hydrogen-bond acceptors (Lipinski definition) is 4. The van der Waals surface area contributed by atoms with Crippen LogP contribution in [0.3, 0.4) is 0 Å². The van der Waals surface area contributed by atoms with E-state index in [2.05, 4.69) is 64.9 Å². The first kappa shape index (κ1) is 24.7. The quantitative estimate of drug-likeness (QED) is 0.213. The lowest BCUT2D eigenvalue weighted by Crippen LogP contribution is -3.00. The van der Waals surface area contributed by atoms with Gasteiger partial charge in [0.05, 0.1) is 0 Å². The van der Waals surface area contributed by atoms with Gasteiger partial charge in [-0.2, -0.15) is 4.57 Å². The summed E-state index contributed by atoms with van der Waals surface area (Å²) in [6.07, 6.45) is 4.12. The summed E-state index contributed by atoms with van der Waals surface area (Å²) in [4.78, 5) is 13.9. The SMILES string of the molecule is Cc1cc(C)c[n+](-c2c(SCc3ccccc3)sc(C(=O)c3ccc(Br)cc3)c2N)c1.[Br-]. The number of anilines is 1. The molecule has 7 heteroatoms. The van der Waals surface area contributed by atoms with E-state index in [4.69, 9.17) is 5.73 Å². The molecule has 4 aromatic rings. The van der Waals surface area contributed by atoms with Crippen LogP contribution in [0.15, 0.2) is 81.7 Å². The van der Waals surface area contributed by atoms with E-state index in [1.165, 1.54) is 16.9 Å². The Kier molecular flexibility index (Phi) is 8.33. The number of thioether (sulfide) groups is 1. The Morgan fingerprint density at radius 3 is 2.28 bits per heavy atom. The molecule has 4 rings (SSSR count). The summed E-state index contributed by atoms with van der Waals surface area (Å²) in [7, 11) is 0. The van der Waals surface area contributed by atoms with Crippen LogP contribution in [0.5, 0.6) is 0 Å². The maximum atomic E-state index is 13.3. The Balaban J connectivity index is 0.00000289. The molecule has 0 aliphatic carbocycles. The molecule has 0 spiro atoms. The van der Waals surface area contributed by atoms with Crippen molar-refractivity contribution in [1.29, 1.82) is 0 Å². The zero-order chi connectivity index (χ0) is 22.0. The molecule has 3 nitrogen and oxygen atoms in total. The lowest BCUT2D eigenvalue weighted by Gasteiger charge is -2.03. The van der Waals surface area contributed by atoms with Crippen molar-refractivity contribution in [3.8, 4) is 5.69 Å². The van der Waals surface area contributed by atoms with Crippen molar-refractivity contribution in [2.75, 3.05) is 5.73 Å². The summed E-state index contributed by atoms with van der Waals surface area (Å²) >= 11 is 6.62. The lowest BCUT2D eigenvalue weighted by molar-refractivity contribution is -0.597. The summed E-state index contributed by atoms with van der Waals surface area (Å²) in [6, 6.07) is 19.9. The van der Waals surface area contributed by atoms with Crippen molar-refractivity contribution in [2.24, 2.45) is 0 Å². The molecule has 0 saturated carbocycles. The van der Waals surface area contributed by atoms with Crippen LogP contribution in [0.25, 0.3) is 5.69 Å². The minimum atomic E-state index is -0.0483. The van der Waals surface area contributed by atoms with Crippen molar-refractivity contribution in [2.45, 2.75) is 23.8 Å². The third-order valence-corrected chi connectivity index (χ3v) is 7.87. The average Bonchev–Trinajstić information content (AvgIpc) is 3.08. The Hall–Kier alpha value is -1.93. The van der Waals surface area contributed by atoms with E-state index in [0.717, 1.165) is 31.2 Å². The molecule has 2 heterocycles. The summed E-state index contributed by atoms with van der Waals surface area (Å²) < 4.78 is 4.04. The number of hydrogen-bond donors (Lipinski definition) is 1. The van der Waals surface area contributed by atoms with Crippen molar-refractivity contribution in [3.63, 3.8) is 0 Å². The number of carbonyl (C=O) groups excluding carboxylic acids is 1. The van der Waals surface area contributed by atoms with E-state index in [1.54, 1.807) is 11.8 Å². The monoisotopic (exact) mass is 588 g/mol. The van der Waals surface area contributed by atoms with E-state index in [1.807, 2.05) is 42.5 Å². The van der Waals surface area contributed by atoms with Gasteiger partial charge in [-0.05, 0) is 49.7 Å². The van der Waals surface area contributed by atoms with Gasteiger partial charge in [-0.25, -0.2) is 0 Å². The number of rotatable bonds is 6. The van der Waals surface area contributed by atoms with Crippen molar-refractivity contribution < 1.29 is 26.3 Å². The maximum absolute atomic E-state index is 13.3. The van der Waals surface area contributed by atoms with Gasteiger partial charge in [-0.15, -0.1) is 23.1 Å². The summed E-state index contributed by atoms with van der Waals surface area (Å²) in [6.45, 7) is 4.13. The van der Waals surface area contributed by atoms with Crippen LogP contribution in [-0.4, -0.2) is 5.78 Å². The van der Waals surface area contributed by atoms with Crippen LogP contribution in [0.2, 0.25) is 0 Å². The first-order valence-corrected chi connectivity index (χ1v) is 12.4. The van der Waals surface area contributed by atoms with Crippen molar-refractivity contribution in [3.05, 3.63) is 105 Å². The fourth-order valence-corrected chi connectivity index (χ4v) is 6.10. The number of aromatic nitrogens is 1. The highest BCUT2D eigenvalue weighted by atomic mass is 79.9. The van der Waals surface area contributed by atoms with E-state index >= 15 is 0 Å². The minimum absolute atomic E-state index is 0. The average molecular weight is 590 g/mol. The maximum Gasteiger partial charge on any atom is 0.259 e. The largest absolute Gasteiger partial charge is 1.00 e. The second-order valence-electron chi connectivity index (χ2n) is 7.39. The molecule has 164 valence electrons. The number of nitrogens with zero attached hydrogens (tertiary/aromatic N) is 1. The van der Waals surface area contributed by atoms with E-state index in [-0.39, 0.29) is 22.8 Å². The lowest BCUT2D eigenvalue weighted by atomic mass is 10.1. The number of thiophene rings is 1. The van der Waals surface area contributed by atoms with Gasteiger partial charge in [-0.3, -0.25) is 4.79 Å². The molecule has 0 fully saturated rings. The molecule has 0 radical (unpaired) electrons. The number of halogens is 2. The molecule has 2 N–H and O–H groups in total. The molecule has 0 unspecified atom stereocenters. The van der Waals surface area contributed by atoms with E-state index in [9.17, 15) is 4.79 Å². The molecule has 2 aromatic heterocycles. The van der Waals surface area contributed by atoms with Crippen molar-refractivity contribution in [1.82, 2.24) is 0 Å². The minimum Gasteiger partial charge on any atom is -1.00 e. The second-order valence-corrected chi connectivity index (χ2v) is 10.6. The topological polar surface area (TPSA) is 47.0 Å². The third-order valence-electron chi connectivity index (χ3n) is 4.81. The summed E-state index contributed by atoms with van der Waals surface area (Å²) in [5.74, 6) is 0.762. The summed E-state index contributed by atoms with van der Waals surface area (Å²) in [5, 5.41) is 0. The first-order chi connectivity index (χ1) is 14.9. The summed E-state index contributed by atoms with van der Waals surface area (Å²) in [5.41, 5.74) is 12.2. The highest BCUT2D eigenvalue weighted by molar-refractivity contribution is 9.10. The molecule has 32 heavy (non-hydrogen) atoms. The van der Waals surface area contributed by atoms with Crippen LogP contribution in [0.4, 0.5) is 5.69 Å². The van der Waals surface area contributed by atoms with E-state index in [0.29, 0.717) is 16.1 Å². The number of carbonyl (C=O) groups is 1. The number of nitrogens with two attached hydrogens (primary N) is 1. The number of nitrogen functional groups attached to an aromatic ring is 1. The Bertz CT molecular complexity index is 1220. The standard InChI is InChI=1S/C25H21BrN2OS2.BrH/c1-16-12-17(2)14-28(13-16)22-21(27)24(23(29)19-8-10-20(26)11-9-19)31-25(22)30-15-18-6-4-3-5-7-18;/h3-14H,15H2,1-2H3,(H-,27,29);1H. The van der Waals surface area contributed by atoms with Crippen LogP contribution >= 0.6 is 39.0 Å². The first-order valence-electron chi connectivity index (χ1n) is 9.81. The fourth-order valence-electron chi connectivity index (χ4n) is 3.42. The molecule has 0 aliphatic rings. The van der Waals surface area contributed by atoms with Crippen LogP contribution in [-0.2, 0) is 5.75 Å². The fraction of sp³-hybridized carbons (Fsp3) is 0.120. The number of benzene rings is 2. The molecule has 0 aliphatic heterocycles. The molecule has 0 atom stereocenters. The molecule has 0 saturated heterocycles. The highest BCUT2D eigenvalue weighted by Crippen LogP contribution is 2.41. The third kappa shape index (κ3) is 5.52. The van der Waals surface area contributed by atoms with Crippen LogP contribution in [0, 0.1) is 13.8 Å². The van der Waals surface area contributed by atoms with Gasteiger partial charge >= 0.3 is 0 Å². The molecular formula is C25H22Br2N2OS2. The zero-order valence-corrected chi connectivity index (χ0v) is 22.4. The van der Waals surface area contributed by atoms with Gasteiger partial charge in [-0.1, -0.05) is 46.3 Å². The number of aryl methyl sites for hydroxylation is 2. The normalized spacial score (nSPS) is 10.6. The Morgan fingerprint density at radius 1 is 1.03 bits per heavy atom. The molecule has 0 bridgehead atoms. The van der Waals surface area contributed by atoms with Crippen molar-refractivity contribution >= 4 is 50.5 Å². The van der Waals surface area contributed by atoms with Gasteiger partial charge < -0.3 is 22.7 Å². The van der Waals surface area contributed by atoms with Gasteiger partial charge in [0.1, 0.15) is 14.8 Å². The van der Waals surface area contributed by atoms with Crippen LogP contribution in [0.1, 0.15) is 31.9 Å². The Morgan fingerprint density at radius 2 is 1.66 bits per heavy atom. The number of pyridine rings is 1. The Labute approximate surface area is 215 Å².